The van der Waals surface area contributed by atoms with Gasteiger partial charge in [0.15, 0.2) is 0 Å². The third kappa shape index (κ3) is 2.83. The molecule has 0 aliphatic carbocycles. The molecule has 0 aliphatic heterocycles. The van der Waals surface area contributed by atoms with Crippen molar-refractivity contribution in [1.29, 1.82) is 0 Å². The van der Waals surface area contributed by atoms with Crippen molar-refractivity contribution in [2.75, 3.05) is 0 Å². The van der Waals surface area contributed by atoms with Crippen LogP contribution in [0.2, 0.25) is 0 Å². The minimum Gasteiger partial charge on any atom is -0.480 e. The summed E-state index contributed by atoms with van der Waals surface area (Å²) in [6.07, 6.45) is 0. The van der Waals surface area contributed by atoms with Crippen LogP contribution in [0.1, 0.15) is 19.4 Å². The van der Waals surface area contributed by atoms with E-state index in [-0.39, 0.29) is 5.92 Å². The average molecular weight is 265 g/mol. The van der Waals surface area contributed by atoms with E-state index in [9.17, 15) is 4.79 Å². The molecule has 0 unspecified atom stereocenters. The first-order valence-corrected chi connectivity index (χ1v) is 6.48. The second kappa shape index (κ2) is 5.41. The summed E-state index contributed by atoms with van der Waals surface area (Å²) in [4.78, 5) is 11.1. The predicted molar refractivity (Wildman–Crippen MR) is 70.5 cm³/mol. The van der Waals surface area contributed by atoms with Crippen LogP contribution < -0.4 is 5.32 Å². The van der Waals surface area contributed by atoms with E-state index in [4.69, 9.17) is 5.11 Å². The van der Waals surface area contributed by atoms with Crippen LogP contribution in [0.5, 0.6) is 0 Å². The number of carboxylic acids is 1. The van der Waals surface area contributed by atoms with Crippen LogP contribution in [-0.2, 0) is 11.3 Å². The lowest BCUT2D eigenvalue weighted by atomic mass is 10.0. The molecule has 0 saturated heterocycles. The Kier molecular flexibility index (Phi) is 3.88. The molecule has 6 heteroatoms. The summed E-state index contributed by atoms with van der Waals surface area (Å²) in [6.45, 7) is 4.29. The van der Waals surface area contributed by atoms with Crippen LogP contribution in [0.4, 0.5) is 0 Å². The molecular formula is C12H15N3O2S. The van der Waals surface area contributed by atoms with Crippen molar-refractivity contribution in [3.63, 3.8) is 0 Å². The lowest BCUT2D eigenvalue weighted by Gasteiger charge is -2.17. The minimum atomic E-state index is -0.818. The van der Waals surface area contributed by atoms with Crippen molar-refractivity contribution >= 4 is 28.7 Å². The summed E-state index contributed by atoms with van der Waals surface area (Å²) in [5.41, 5.74) is 2.75. The largest absolute Gasteiger partial charge is 0.480 e. The number of aliphatic carboxylic acids is 1. The smallest absolute Gasteiger partial charge is 0.320 e. The average Bonchev–Trinajstić information content (AvgIpc) is 2.75. The maximum Gasteiger partial charge on any atom is 0.320 e. The van der Waals surface area contributed by atoms with Crippen LogP contribution in [-0.4, -0.2) is 25.9 Å². The number of benzene rings is 1. The van der Waals surface area contributed by atoms with Gasteiger partial charge >= 0.3 is 5.97 Å². The number of hydrogen-bond acceptors (Lipinski definition) is 5. The van der Waals surface area contributed by atoms with Crippen LogP contribution in [0.15, 0.2) is 18.2 Å². The van der Waals surface area contributed by atoms with E-state index in [1.807, 2.05) is 32.0 Å². The zero-order chi connectivity index (χ0) is 13.1. The van der Waals surface area contributed by atoms with Gasteiger partial charge in [-0.05, 0) is 23.6 Å². The second-order valence-electron chi connectivity index (χ2n) is 4.53. The van der Waals surface area contributed by atoms with Gasteiger partial charge in [0, 0.05) is 6.54 Å². The molecular weight excluding hydrogens is 250 g/mol. The molecule has 0 amide bonds. The highest BCUT2D eigenvalue weighted by atomic mass is 32.1. The van der Waals surface area contributed by atoms with Gasteiger partial charge in [0.05, 0.1) is 11.7 Å². The fourth-order valence-corrected chi connectivity index (χ4v) is 2.29. The Balaban J connectivity index is 2.06. The maximum atomic E-state index is 11.1. The highest BCUT2D eigenvalue weighted by Gasteiger charge is 2.20. The molecule has 96 valence electrons. The SMILES string of the molecule is CC(C)[C@@H](NCc1ccc2nsnc2c1)C(=O)O. The van der Waals surface area contributed by atoms with Gasteiger partial charge in [0.2, 0.25) is 0 Å². The Morgan fingerprint density at radius 3 is 2.78 bits per heavy atom. The van der Waals surface area contributed by atoms with Crippen LogP contribution in [0.3, 0.4) is 0 Å². The highest BCUT2D eigenvalue weighted by Crippen LogP contribution is 2.14. The molecule has 18 heavy (non-hydrogen) atoms. The standard InChI is InChI=1S/C12H15N3O2S/c1-7(2)11(12(16)17)13-6-8-3-4-9-10(5-8)15-18-14-9/h3-5,7,11,13H,6H2,1-2H3,(H,16,17)/t11-/m1/s1. The van der Waals surface area contributed by atoms with E-state index in [0.717, 1.165) is 16.6 Å². The van der Waals surface area contributed by atoms with Crippen LogP contribution >= 0.6 is 11.7 Å². The zero-order valence-corrected chi connectivity index (χ0v) is 11.1. The fraction of sp³-hybridized carbons (Fsp3) is 0.417. The zero-order valence-electron chi connectivity index (χ0n) is 10.3. The molecule has 2 N–H and O–H groups in total. The number of aromatic nitrogens is 2. The molecule has 2 rings (SSSR count). The Morgan fingerprint density at radius 2 is 2.11 bits per heavy atom. The number of nitrogens with zero attached hydrogens (tertiary/aromatic N) is 2. The van der Waals surface area contributed by atoms with Gasteiger partial charge in [-0.3, -0.25) is 4.79 Å². The van der Waals surface area contributed by atoms with Crippen molar-refractivity contribution < 1.29 is 9.90 Å². The molecule has 0 aliphatic rings. The Labute approximate surface area is 109 Å². The Bertz CT molecular complexity index is 553. The Hall–Kier alpha value is -1.53. The van der Waals surface area contributed by atoms with E-state index in [2.05, 4.69) is 14.1 Å². The van der Waals surface area contributed by atoms with Gasteiger partial charge in [0.1, 0.15) is 17.1 Å². The number of carbonyl (C=O) groups is 1. The van der Waals surface area contributed by atoms with Gasteiger partial charge in [-0.2, -0.15) is 8.75 Å². The molecule has 5 nitrogen and oxygen atoms in total. The first kappa shape index (κ1) is 12.9. The highest BCUT2D eigenvalue weighted by molar-refractivity contribution is 7.00. The van der Waals surface area contributed by atoms with Gasteiger partial charge in [0.25, 0.3) is 0 Å². The van der Waals surface area contributed by atoms with Crippen molar-refractivity contribution in [2.45, 2.75) is 26.4 Å². The molecule has 1 aromatic heterocycles. The molecule has 0 radical (unpaired) electrons. The predicted octanol–water partition coefficient (Wildman–Crippen LogP) is 1.89. The number of rotatable bonds is 5. The number of nitrogens with one attached hydrogen (secondary N) is 1. The maximum absolute atomic E-state index is 11.1. The molecule has 0 spiro atoms. The molecule has 0 saturated carbocycles. The lowest BCUT2D eigenvalue weighted by Crippen LogP contribution is -2.40. The molecule has 1 atom stereocenters. The monoisotopic (exact) mass is 265 g/mol. The summed E-state index contributed by atoms with van der Waals surface area (Å²) >= 11 is 1.18. The van der Waals surface area contributed by atoms with Gasteiger partial charge in [-0.15, -0.1) is 0 Å². The summed E-state index contributed by atoms with van der Waals surface area (Å²) in [5.74, 6) is -0.770. The third-order valence-corrected chi connectivity index (χ3v) is 3.33. The van der Waals surface area contributed by atoms with Crippen molar-refractivity contribution in [1.82, 2.24) is 14.1 Å². The van der Waals surface area contributed by atoms with Crippen molar-refractivity contribution in [3.05, 3.63) is 23.8 Å². The fourth-order valence-electron chi connectivity index (χ4n) is 1.77. The van der Waals surface area contributed by atoms with Crippen LogP contribution in [0, 0.1) is 5.92 Å². The van der Waals surface area contributed by atoms with Gasteiger partial charge < -0.3 is 10.4 Å². The molecule has 0 fully saturated rings. The Morgan fingerprint density at radius 1 is 1.39 bits per heavy atom. The summed E-state index contributed by atoms with van der Waals surface area (Å²) < 4.78 is 8.29. The summed E-state index contributed by atoms with van der Waals surface area (Å²) in [6, 6.07) is 5.25. The molecule has 2 aromatic rings. The van der Waals surface area contributed by atoms with Crippen LogP contribution in [0.25, 0.3) is 11.0 Å². The van der Waals surface area contributed by atoms with E-state index in [0.29, 0.717) is 6.54 Å². The number of fused-ring (bicyclic) bond motifs is 1. The quantitative estimate of drug-likeness (QED) is 0.863. The van der Waals surface area contributed by atoms with E-state index in [1.165, 1.54) is 11.7 Å². The summed E-state index contributed by atoms with van der Waals surface area (Å²) in [5, 5.41) is 12.1. The third-order valence-electron chi connectivity index (χ3n) is 2.78. The van der Waals surface area contributed by atoms with E-state index < -0.39 is 12.0 Å². The molecule has 1 heterocycles. The van der Waals surface area contributed by atoms with Crippen molar-refractivity contribution in [3.8, 4) is 0 Å². The number of hydrogen-bond donors (Lipinski definition) is 2. The van der Waals surface area contributed by atoms with E-state index >= 15 is 0 Å². The topological polar surface area (TPSA) is 75.1 Å². The normalized spacial score (nSPS) is 13.1. The van der Waals surface area contributed by atoms with Gasteiger partial charge in [-0.1, -0.05) is 19.9 Å². The minimum absolute atomic E-state index is 0.0483. The first-order chi connectivity index (χ1) is 8.58. The van der Waals surface area contributed by atoms with E-state index in [1.54, 1.807) is 0 Å². The lowest BCUT2D eigenvalue weighted by molar-refractivity contribution is -0.140. The second-order valence-corrected chi connectivity index (χ2v) is 5.06. The summed E-state index contributed by atoms with van der Waals surface area (Å²) in [7, 11) is 0. The molecule has 1 aromatic carbocycles. The molecule has 0 bridgehead atoms. The van der Waals surface area contributed by atoms with Crippen molar-refractivity contribution in [2.24, 2.45) is 5.92 Å². The van der Waals surface area contributed by atoms with Gasteiger partial charge in [-0.25, -0.2) is 0 Å². The number of carboxylic acid groups (broad SMARTS) is 1. The first-order valence-electron chi connectivity index (χ1n) is 5.75.